The minimum absolute atomic E-state index is 0.223. The van der Waals surface area contributed by atoms with E-state index in [0.717, 1.165) is 32.5 Å². The Bertz CT molecular complexity index is 490. The molecule has 128 valence electrons. The lowest BCUT2D eigenvalue weighted by atomic mass is 10.2. The van der Waals surface area contributed by atoms with Crippen LogP contribution in [0.25, 0.3) is 0 Å². The average molecular weight is 323 g/mol. The Balaban J connectivity index is 1.70. The van der Waals surface area contributed by atoms with Gasteiger partial charge in [-0.2, -0.15) is 0 Å². The molecule has 5 nitrogen and oxygen atoms in total. The van der Waals surface area contributed by atoms with E-state index in [1.54, 1.807) is 12.1 Å². The van der Waals surface area contributed by atoms with Crippen LogP contribution in [0.5, 0.6) is 0 Å². The summed E-state index contributed by atoms with van der Waals surface area (Å²) < 4.78 is 24.6. The van der Waals surface area contributed by atoms with Crippen LogP contribution in [0.4, 0.5) is 4.39 Å². The van der Waals surface area contributed by atoms with Crippen molar-refractivity contribution in [2.24, 2.45) is 4.99 Å². The summed E-state index contributed by atoms with van der Waals surface area (Å²) in [6.45, 7) is 6.06. The highest BCUT2D eigenvalue weighted by Crippen LogP contribution is 2.08. The van der Waals surface area contributed by atoms with Crippen LogP contribution >= 0.6 is 0 Å². The van der Waals surface area contributed by atoms with Crippen LogP contribution in [0.15, 0.2) is 29.3 Å². The molecule has 1 aromatic carbocycles. The Morgan fingerprint density at radius 3 is 3.00 bits per heavy atom. The third-order valence-corrected chi connectivity index (χ3v) is 3.56. The SMILES string of the molecule is CCNC(=NCc1ccccc1F)NCCCOC1CCOC1. The summed E-state index contributed by atoms with van der Waals surface area (Å²) in [5, 5.41) is 6.40. The van der Waals surface area contributed by atoms with E-state index in [9.17, 15) is 4.39 Å². The minimum atomic E-state index is -0.223. The number of aliphatic imine (C=N–C) groups is 1. The van der Waals surface area contributed by atoms with Crippen molar-refractivity contribution in [3.63, 3.8) is 0 Å². The second kappa shape index (κ2) is 10.2. The van der Waals surface area contributed by atoms with Crippen LogP contribution in [0.1, 0.15) is 25.3 Å². The molecule has 0 amide bonds. The maximum Gasteiger partial charge on any atom is 0.191 e. The molecule has 1 unspecified atom stereocenters. The van der Waals surface area contributed by atoms with Gasteiger partial charge in [0.25, 0.3) is 0 Å². The van der Waals surface area contributed by atoms with E-state index < -0.39 is 0 Å². The molecular weight excluding hydrogens is 297 g/mol. The summed E-state index contributed by atoms with van der Waals surface area (Å²) >= 11 is 0. The Morgan fingerprint density at radius 1 is 1.39 bits per heavy atom. The van der Waals surface area contributed by atoms with Gasteiger partial charge < -0.3 is 20.1 Å². The quantitative estimate of drug-likeness (QED) is 0.437. The molecule has 23 heavy (non-hydrogen) atoms. The number of hydrogen-bond donors (Lipinski definition) is 2. The molecule has 6 heteroatoms. The zero-order valence-corrected chi connectivity index (χ0v) is 13.7. The summed E-state index contributed by atoms with van der Waals surface area (Å²) in [5.74, 6) is 0.472. The molecule has 0 radical (unpaired) electrons. The normalized spacial score (nSPS) is 18.2. The summed E-state index contributed by atoms with van der Waals surface area (Å²) in [6.07, 6.45) is 2.12. The van der Waals surface area contributed by atoms with Gasteiger partial charge in [-0.15, -0.1) is 0 Å². The molecule has 0 spiro atoms. The Morgan fingerprint density at radius 2 is 2.26 bits per heavy atom. The largest absolute Gasteiger partial charge is 0.379 e. The van der Waals surface area contributed by atoms with Crippen LogP contribution in [-0.2, 0) is 16.0 Å². The molecule has 1 aliphatic heterocycles. The topological polar surface area (TPSA) is 54.9 Å². The highest BCUT2D eigenvalue weighted by atomic mass is 19.1. The molecule has 0 bridgehead atoms. The summed E-state index contributed by atoms with van der Waals surface area (Å²) in [7, 11) is 0. The van der Waals surface area contributed by atoms with Crippen LogP contribution in [-0.4, -0.2) is 45.0 Å². The number of benzene rings is 1. The highest BCUT2D eigenvalue weighted by molar-refractivity contribution is 5.79. The van der Waals surface area contributed by atoms with Gasteiger partial charge >= 0.3 is 0 Å². The second-order valence-corrected chi connectivity index (χ2v) is 5.42. The number of halogens is 1. The molecule has 1 aliphatic rings. The van der Waals surface area contributed by atoms with Crippen molar-refractivity contribution in [2.45, 2.75) is 32.4 Å². The molecule has 2 N–H and O–H groups in total. The van der Waals surface area contributed by atoms with Gasteiger partial charge in [0.15, 0.2) is 5.96 Å². The van der Waals surface area contributed by atoms with E-state index in [-0.39, 0.29) is 11.9 Å². The number of guanidine groups is 1. The van der Waals surface area contributed by atoms with Gasteiger partial charge in [0, 0.05) is 31.9 Å². The van der Waals surface area contributed by atoms with Gasteiger partial charge in [0.05, 0.1) is 19.3 Å². The standard InChI is InChI=1S/C17H26FN3O2/c1-2-19-17(21-12-14-6-3-4-7-16(14)18)20-9-5-10-23-15-8-11-22-13-15/h3-4,6-7,15H,2,5,8-13H2,1H3,(H2,19,20,21). The first-order chi connectivity index (χ1) is 11.3. The fourth-order valence-electron chi connectivity index (χ4n) is 2.31. The van der Waals surface area contributed by atoms with Crippen LogP contribution in [0.2, 0.25) is 0 Å². The maximum absolute atomic E-state index is 13.6. The van der Waals surface area contributed by atoms with E-state index in [1.165, 1.54) is 6.07 Å². The number of rotatable bonds is 8. The third-order valence-electron chi connectivity index (χ3n) is 3.56. The van der Waals surface area contributed by atoms with Crippen LogP contribution < -0.4 is 10.6 Å². The summed E-state index contributed by atoms with van der Waals surface area (Å²) in [6, 6.07) is 6.70. The van der Waals surface area contributed by atoms with Gasteiger partial charge in [-0.3, -0.25) is 0 Å². The highest BCUT2D eigenvalue weighted by Gasteiger charge is 2.15. The van der Waals surface area contributed by atoms with Crippen molar-refractivity contribution in [3.05, 3.63) is 35.6 Å². The van der Waals surface area contributed by atoms with E-state index in [1.807, 2.05) is 13.0 Å². The number of nitrogens with zero attached hydrogens (tertiary/aromatic N) is 1. The lowest BCUT2D eigenvalue weighted by Gasteiger charge is -2.13. The lowest BCUT2D eigenvalue weighted by Crippen LogP contribution is -2.38. The Labute approximate surface area is 137 Å². The minimum Gasteiger partial charge on any atom is -0.379 e. The molecular formula is C17H26FN3O2. The number of hydrogen-bond acceptors (Lipinski definition) is 3. The predicted molar refractivity (Wildman–Crippen MR) is 89.0 cm³/mol. The fraction of sp³-hybridized carbons (Fsp3) is 0.588. The fourth-order valence-corrected chi connectivity index (χ4v) is 2.31. The van der Waals surface area contributed by atoms with E-state index in [0.29, 0.717) is 31.3 Å². The predicted octanol–water partition coefficient (Wildman–Crippen LogP) is 2.08. The van der Waals surface area contributed by atoms with Gasteiger partial charge in [0.1, 0.15) is 5.82 Å². The van der Waals surface area contributed by atoms with Gasteiger partial charge in [0.2, 0.25) is 0 Å². The first kappa shape index (κ1) is 17.7. The maximum atomic E-state index is 13.6. The third kappa shape index (κ3) is 6.54. The molecule has 1 saturated heterocycles. The van der Waals surface area contributed by atoms with Gasteiger partial charge in [-0.25, -0.2) is 9.38 Å². The van der Waals surface area contributed by atoms with Crippen molar-refractivity contribution in [1.29, 1.82) is 0 Å². The first-order valence-electron chi connectivity index (χ1n) is 8.24. The van der Waals surface area contributed by atoms with Gasteiger partial charge in [-0.05, 0) is 25.8 Å². The number of nitrogens with one attached hydrogen (secondary N) is 2. The van der Waals surface area contributed by atoms with Crippen LogP contribution in [0.3, 0.4) is 0 Å². The Kier molecular flexibility index (Phi) is 7.83. The second-order valence-electron chi connectivity index (χ2n) is 5.42. The molecule has 0 aromatic heterocycles. The summed E-state index contributed by atoms with van der Waals surface area (Å²) in [5.41, 5.74) is 0.592. The molecule has 2 rings (SSSR count). The molecule has 1 atom stereocenters. The van der Waals surface area contributed by atoms with E-state index >= 15 is 0 Å². The molecule has 1 heterocycles. The monoisotopic (exact) mass is 323 g/mol. The van der Waals surface area contributed by atoms with Crippen molar-refractivity contribution < 1.29 is 13.9 Å². The number of ether oxygens (including phenoxy) is 2. The molecule has 0 saturated carbocycles. The lowest BCUT2D eigenvalue weighted by molar-refractivity contribution is 0.0420. The van der Waals surface area contributed by atoms with E-state index in [2.05, 4.69) is 15.6 Å². The Hall–Kier alpha value is -1.66. The molecule has 0 aliphatic carbocycles. The van der Waals surface area contributed by atoms with E-state index in [4.69, 9.17) is 9.47 Å². The average Bonchev–Trinajstić information content (AvgIpc) is 3.07. The van der Waals surface area contributed by atoms with Crippen molar-refractivity contribution in [1.82, 2.24) is 10.6 Å². The first-order valence-corrected chi connectivity index (χ1v) is 8.24. The van der Waals surface area contributed by atoms with Crippen molar-refractivity contribution in [2.75, 3.05) is 32.9 Å². The summed E-state index contributed by atoms with van der Waals surface area (Å²) in [4.78, 5) is 4.41. The molecule has 1 aromatic rings. The molecule has 1 fully saturated rings. The zero-order valence-electron chi connectivity index (χ0n) is 13.7. The zero-order chi connectivity index (χ0) is 16.3. The van der Waals surface area contributed by atoms with Crippen molar-refractivity contribution >= 4 is 5.96 Å². The van der Waals surface area contributed by atoms with Crippen molar-refractivity contribution in [3.8, 4) is 0 Å². The van der Waals surface area contributed by atoms with Gasteiger partial charge in [-0.1, -0.05) is 18.2 Å². The smallest absolute Gasteiger partial charge is 0.191 e. The van der Waals surface area contributed by atoms with Crippen LogP contribution in [0, 0.1) is 5.82 Å².